The molecule has 0 spiro atoms. The van der Waals surface area contributed by atoms with Crippen LogP contribution in [0.4, 0.5) is 4.79 Å². The van der Waals surface area contributed by atoms with Gasteiger partial charge in [-0.2, -0.15) is 0 Å². The van der Waals surface area contributed by atoms with E-state index < -0.39 is 0 Å². The largest absolute Gasteiger partial charge is 0.383 e. The Morgan fingerprint density at radius 2 is 1.96 bits per heavy atom. The van der Waals surface area contributed by atoms with Gasteiger partial charge < -0.3 is 14.2 Å². The summed E-state index contributed by atoms with van der Waals surface area (Å²) in [6, 6.07) is 1.99. The molecule has 27 heavy (non-hydrogen) atoms. The maximum absolute atomic E-state index is 12.7. The number of methoxy groups -OCH3 is 1. The molecule has 0 N–H and O–H groups in total. The van der Waals surface area contributed by atoms with E-state index in [1.165, 1.54) is 0 Å². The summed E-state index contributed by atoms with van der Waals surface area (Å²) in [5.41, 5.74) is 2.99. The number of aryl methyl sites for hydroxylation is 1. The Kier molecular flexibility index (Phi) is 6.06. The molecule has 1 aromatic rings. The summed E-state index contributed by atoms with van der Waals surface area (Å²) in [5.74, 6) is -0.548. The van der Waals surface area contributed by atoms with Crippen LogP contribution in [-0.4, -0.2) is 64.8 Å². The van der Waals surface area contributed by atoms with Crippen LogP contribution in [0.5, 0.6) is 0 Å². The van der Waals surface area contributed by atoms with E-state index in [9.17, 15) is 14.4 Å². The van der Waals surface area contributed by atoms with Crippen LogP contribution in [0.1, 0.15) is 29.8 Å². The third-order valence-corrected chi connectivity index (χ3v) is 5.95. The van der Waals surface area contributed by atoms with E-state index in [0.29, 0.717) is 24.6 Å². The Labute approximate surface area is 163 Å². The van der Waals surface area contributed by atoms with E-state index >= 15 is 0 Å². The first-order chi connectivity index (χ1) is 12.9. The Balaban J connectivity index is 1.75. The molecule has 146 valence electrons. The summed E-state index contributed by atoms with van der Waals surface area (Å²) in [6.07, 6.45) is 3.70. The second-order valence-electron chi connectivity index (χ2n) is 6.83. The molecule has 2 aliphatic heterocycles. The summed E-state index contributed by atoms with van der Waals surface area (Å²) < 4.78 is 7.26. The maximum Gasteiger partial charge on any atom is 0.294 e. The first kappa shape index (κ1) is 19.7. The second kappa shape index (κ2) is 8.31. The first-order valence-electron chi connectivity index (χ1n) is 9.11. The number of thioether (sulfide) groups is 1. The van der Waals surface area contributed by atoms with Gasteiger partial charge in [0.25, 0.3) is 11.1 Å². The average Bonchev–Trinajstić information content (AvgIpc) is 3.32. The summed E-state index contributed by atoms with van der Waals surface area (Å²) in [4.78, 5) is 40.4. The van der Waals surface area contributed by atoms with Gasteiger partial charge in [0.1, 0.15) is 6.54 Å². The third-order valence-electron chi connectivity index (χ3n) is 5.04. The lowest BCUT2D eigenvalue weighted by Crippen LogP contribution is -2.40. The predicted octanol–water partition coefficient (Wildman–Crippen LogP) is 2.41. The van der Waals surface area contributed by atoms with Crippen LogP contribution < -0.4 is 0 Å². The van der Waals surface area contributed by atoms with Gasteiger partial charge in [0, 0.05) is 38.1 Å². The van der Waals surface area contributed by atoms with E-state index in [2.05, 4.69) is 4.57 Å². The smallest absolute Gasteiger partial charge is 0.294 e. The van der Waals surface area contributed by atoms with Crippen LogP contribution in [0.2, 0.25) is 0 Å². The molecule has 3 heterocycles. The van der Waals surface area contributed by atoms with Gasteiger partial charge in [0.2, 0.25) is 5.91 Å². The topological polar surface area (TPSA) is 71.8 Å². The van der Waals surface area contributed by atoms with Gasteiger partial charge in [-0.15, -0.1) is 0 Å². The fourth-order valence-electron chi connectivity index (χ4n) is 3.48. The molecule has 2 aliphatic rings. The monoisotopic (exact) mass is 391 g/mol. The molecular formula is C19H25N3O4S. The number of carbonyl (C=O) groups excluding carboxylic acids is 3. The minimum atomic E-state index is -0.390. The number of carbonyl (C=O) groups is 3. The van der Waals surface area contributed by atoms with E-state index in [-0.39, 0.29) is 23.6 Å². The fourth-order valence-corrected chi connectivity index (χ4v) is 4.31. The lowest BCUT2D eigenvalue weighted by atomic mass is 10.2. The quantitative estimate of drug-likeness (QED) is 0.697. The van der Waals surface area contributed by atoms with Crippen LogP contribution in [-0.2, 0) is 20.9 Å². The van der Waals surface area contributed by atoms with Crippen molar-refractivity contribution < 1.29 is 19.1 Å². The molecule has 0 atom stereocenters. The van der Waals surface area contributed by atoms with Crippen LogP contribution >= 0.6 is 11.8 Å². The van der Waals surface area contributed by atoms with Crippen LogP contribution in [0.15, 0.2) is 11.0 Å². The minimum absolute atomic E-state index is 0.159. The first-order valence-corrected chi connectivity index (χ1v) is 9.93. The number of hydrogen-bond acceptors (Lipinski definition) is 5. The molecule has 0 radical (unpaired) electrons. The number of likely N-dealkylation sites (tertiary alicyclic amines) is 1. The Hall–Kier alpha value is -2.06. The highest BCUT2D eigenvalue weighted by molar-refractivity contribution is 8.18. The number of nitrogens with zero attached hydrogens (tertiary/aromatic N) is 3. The summed E-state index contributed by atoms with van der Waals surface area (Å²) in [6.45, 7) is 6.56. The Bertz CT molecular complexity index is 793. The van der Waals surface area contributed by atoms with Gasteiger partial charge >= 0.3 is 0 Å². The lowest BCUT2D eigenvalue weighted by molar-refractivity contribution is -0.135. The second-order valence-corrected chi connectivity index (χ2v) is 7.82. The van der Waals surface area contributed by atoms with Crippen LogP contribution in [0.3, 0.4) is 0 Å². The standard InChI is InChI=1S/C19H25N3O4S/c1-13-10-15(14(2)21(13)8-9-26-3)11-16-18(24)22(19(25)27-16)12-17(23)20-6-4-5-7-20/h10-11H,4-9,12H2,1-3H3. The molecule has 3 rings (SSSR count). The zero-order valence-electron chi connectivity index (χ0n) is 16.0. The molecule has 8 heteroatoms. The summed E-state index contributed by atoms with van der Waals surface area (Å²) in [5, 5.41) is -0.382. The molecule has 0 bridgehead atoms. The van der Waals surface area contributed by atoms with E-state index in [1.807, 2.05) is 19.9 Å². The average molecular weight is 391 g/mol. The van der Waals surface area contributed by atoms with Crippen molar-refractivity contribution >= 4 is 34.9 Å². The zero-order valence-corrected chi connectivity index (χ0v) is 16.8. The highest BCUT2D eigenvalue weighted by atomic mass is 32.2. The summed E-state index contributed by atoms with van der Waals surface area (Å²) in [7, 11) is 1.66. The van der Waals surface area contributed by atoms with Crippen molar-refractivity contribution in [2.45, 2.75) is 33.2 Å². The molecule has 2 fully saturated rings. The maximum atomic E-state index is 12.7. The minimum Gasteiger partial charge on any atom is -0.383 e. The van der Waals surface area contributed by atoms with Crippen molar-refractivity contribution in [3.63, 3.8) is 0 Å². The van der Waals surface area contributed by atoms with E-state index in [4.69, 9.17) is 4.74 Å². The molecule has 0 aliphatic carbocycles. The Morgan fingerprint density at radius 1 is 1.26 bits per heavy atom. The molecule has 7 nitrogen and oxygen atoms in total. The van der Waals surface area contributed by atoms with Crippen molar-refractivity contribution in [1.29, 1.82) is 0 Å². The normalized spacial score (nSPS) is 19.0. The van der Waals surface area contributed by atoms with E-state index in [1.54, 1.807) is 18.1 Å². The number of rotatable bonds is 6. The van der Waals surface area contributed by atoms with Gasteiger partial charge in [0.15, 0.2) is 0 Å². The van der Waals surface area contributed by atoms with Crippen LogP contribution in [0.25, 0.3) is 6.08 Å². The number of ether oxygens (including phenoxy) is 1. The van der Waals surface area contributed by atoms with Crippen molar-refractivity contribution in [2.75, 3.05) is 33.4 Å². The molecule has 0 unspecified atom stereocenters. The number of amides is 3. The van der Waals surface area contributed by atoms with Crippen molar-refractivity contribution in [2.24, 2.45) is 0 Å². The molecule has 0 saturated carbocycles. The van der Waals surface area contributed by atoms with Gasteiger partial charge in [-0.25, -0.2) is 0 Å². The third kappa shape index (κ3) is 4.11. The highest BCUT2D eigenvalue weighted by Gasteiger charge is 2.37. The van der Waals surface area contributed by atoms with Crippen molar-refractivity contribution in [3.05, 3.63) is 27.9 Å². The molecule has 1 aromatic heterocycles. The number of aromatic nitrogens is 1. The van der Waals surface area contributed by atoms with Crippen molar-refractivity contribution in [1.82, 2.24) is 14.4 Å². The SMILES string of the molecule is COCCn1c(C)cc(C=C2SC(=O)N(CC(=O)N3CCCC3)C2=O)c1C. The highest BCUT2D eigenvalue weighted by Crippen LogP contribution is 2.33. The predicted molar refractivity (Wildman–Crippen MR) is 104 cm³/mol. The molecule has 3 amide bonds. The van der Waals surface area contributed by atoms with E-state index in [0.717, 1.165) is 53.0 Å². The lowest BCUT2D eigenvalue weighted by Gasteiger charge is -2.18. The van der Waals surface area contributed by atoms with Gasteiger partial charge in [-0.1, -0.05) is 0 Å². The fraction of sp³-hybridized carbons (Fsp3) is 0.526. The molecule has 0 aromatic carbocycles. The van der Waals surface area contributed by atoms with Gasteiger partial charge in [0.05, 0.1) is 11.5 Å². The summed E-state index contributed by atoms with van der Waals surface area (Å²) >= 11 is 0.897. The van der Waals surface area contributed by atoms with Gasteiger partial charge in [-0.05, 0) is 56.2 Å². The number of imide groups is 1. The zero-order chi connectivity index (χ0) is 19.6. The number of hydrogen-bond donors (Lipinski definition) is 0. The molecular weight excluding hydrogens is 366 g/mol. The van der Waals surface area contributed by atoms with Crippen LogP contribution in [0, 0.1) is 13.8 Å². The van der Waals surface area contributed by atoms with Crippen molar-refractivity contribution in [3.8, 4) is 0 Å². The Morgan fingerprint density at radius 3 is 2.63 bits per heavy atom. The van der Waals surface area contributed by atoms with Gasteiger partial charge in [-0.3, -0.25) is 19.3 Å². The molecule has 2 saturated heterocycles.